The summed E-state index contributed by atoms with van der Waals surface area (Å²) in [7, 11) is 3.84. The Morgan fingerprint density at radius 3 is 2.63 bits per heavy atom. The summed E-state index contributed by atoms with van der Waals surface area (Å²) in [5, 5.41) is 9.37. The molecule has 19 heavy (non-hydrogen) atoms. The molecule has 0 fully saturated rings. The maximum Gasteiger partial charge on any atom is 0.261 e. The minimum Gasteiger partial charge on any atom is -0.382 e. The van der Waals surface area contributed by atoms with Gasteiger partial charge in [-0.3, -0.25) is 9.89 Å². The van der Waals surface area contributed by atoms with Gasteiger partial charge >= 0.3 is 0 Å². The summed E-state index contributed by atoms with van der Waals surface area (Å²) in [5.74, 6) is -0.0598. The van der Waals surface area contributed by atoms with Crippen molar-refractivity contribution in [2.75, 3.05) is 30.0 Å². The minimum atomic E-state index is -0.266. The largest absolute Gasteiger partial charge is 0.382 e. The molecule has 0 aliphatic rings. The fraction of sp³-hybridized carbons (Fsp3) is 0.231. The predicted molar refractivity (Wildman–Crippen MR) is 76.5 cm³/mol. The normalized spacial score (nSPS) is 10.3. The Bertz CT molecular complexity index is 583. The summed E-state index contributed by atoms with van der Waals surface area (Å²) in [6.45, 7) is 1.76. The molecule has 0 unspecified atom stereocenters. The number of nitrogens with two attached hydrogens (primary N) is 1. The number of aromatic nitrogens is 2. The number of nitrogen functional groups attached to an aromatic ring is 1. The molecule has 0 atom stereocenters. The van der Waals surface area contributed by atoms with Gasteiger partial charge in [0.05, 0.1) is 11.4 Å². The van der Waals surface area contributed by atoms with Crippen molar-refractivity contribution in [1.29, 1.82) is 0 Å². The van der Waals surface area contributed by atoms with Crippen LogP contribution in [-0.4, -0.2) is 30.2 Å². The van der Waals surface area contributed by atoms with Crippen LogP contribution in [0.3, 0.4) is 0 Å². The Hall–Kier alpha value is -2.50. The predicted octanol–water partition coefficient (Wildman–Crippen LogP) is 1.62. The van der Waals surface area contributed by atoms with Crippen molar-refractivity contribution in [3.05, 3.63) is 35.5 Å². The van der Waals surface area contributed by atoms with Gasteiger partial charge in [0.15, 0.2) is 5.82 Å². The van der Waals surface area contributed by atoms with Gasteiger partial charge in [-0.2, -0.15) is 5.10 Å². The molecule has 0 spiro atoms. The number of aromatic amines is 1. The average Bonchev–Trinajstić information content (AvgIpc) is 2.69. The minimum absolute atomic E-state index is 0.206. The highest BCUT2D eigenvalue weighted by Crippen LogP contribution is 2.25. The molecule has 2 aromatic rings. The molecule has 0 radical (unpaired) electrons. The molecule has 0 aliphatic heterocycles. The van der Waals surface area contributed by atoms with Crippen molar-refractivity contribution in [1.82, 2.24) is 10.2 Å². The molecule has 6 heteroatoms. The molecule has 6 nitrogen and oxygen atoms in total. The van der Waals surface area contributed by atoms with Crippen molar-refractivity contribution < 1.29 is 4.79 Å². The van der Waals surface area contributed by atoms with Crippen molar-refractivity contribution in [3.8, 4) is 0 Å². The molecular formula is C13H17N5O. The first kappa shape index (κ1) is 12.9. The van der Waals surface area contributed by atoms with Crippen molar-refractivity contribution in [2.24, 2.45) is 0 Å². The molecule has 2 rings (SSSR count). The van der Waals surface area contributed by atoms with Gasteiger partial charge in [0.25, 0.3) is 5.91 Å². The second kappa shape index (κ2) is 5.01. The highest BCUT2D eigenvalue weighted by molar-refractivity contribution is 6.09. The number of nitrogens with one attached hydrogen (secondary N) is 2. The molecule has 1 aromatic heterocycles. The van der Waals surface area contributed by atoms with Gasteiger partial charge in [0, 0.05) is 19.8 Å². The van der Waals surface area contributed by atoms with E-state index >= 15 is 0 Å². The number of rotatable bonds is 3. The van der Waals surface area contributed by atoms with Gasteiger partial charge in [0.2, 0.25) is 0 Å². The third-order valence-electron chi connectivity index (χ3n) is 2.84. The number of nitrogens with zero attached hydrogens (tertiary/aromatic N) is 2. The van der Waals surface area contributed by atoms with E-state index in [1.54, 1.807) is 6.92 Å². The van der Waals surface area contributed by atoms with E-state index in [0.717, 1.165) is 11.4 Å². The van der Waals surface area contributed by atoms with E-state index in [1.807, 2.05) is 43.3 Å². The third kappa shape index (κ3) is 2.52. The van der Waals surface area contributed by atoms with E-state index in [-0.39, 0.29) is 11.7 Å². The zero-order chi connectivity index (χ0) is 14.0. The lowest BCUT2D eigenvalue weighted by Gasteiger charge is -2.17. The van der Waals surface area contributed by atoms with Crippen LogP contribution in [0.2, 0.25) is 0 Å². The Balaban J connectivity index is 2.30. The zero-order valence-electron chi connectivity index (χ0n) is 11.2. The van der Waals surface area contributed by atoms with E-state index < -0.39 is 0 Å². The lowest BCUT2D eigenvalue weighted by molar-refractivity contribution is 0.102. The lowest BCUT2D eigenvalue weighted by Crippen LogP contribution is -2.17. The first-order valence-electron chi connectivity index (χ1n) is 5.89. The molecule has 0 saturated heterocycles. The Kier molecular flexibility index (Phi) is 3.41. The first-order chi connectivity index (χ1) is 9.00. The highest BCUT2D eigenvalue weighted by atomic mass is 16.1. The summed E-state index contributed by atoms with van der Waals surface area (Å²) >= 11 is 0. The maximum absolute atomic E-state index is 12.2. The van der Waals surface area contributed by atoms with Gasteiger partial charge in [-0.05, 0) is 19.1 Å². The number of para-hydroxylation sites is 2. The highest BCUT2D eigenvalue weighted by Gasteiger charge is 2.17. The topological polar surface area (TPSA) is 87.0 Å². The van der Waals surface area contributed by atoms with E-state index in [2.05, 4.69) is 15.5 Å². The second-order valence-corrected chi connectivity index (χ2v) is 4.47. The van der Waals surface area contributed by atoms with Gasteiger partial charge in [-0.1, -0.05) is 12.1 Å². The SMILES string of the molecule is Cc1[nH]nc(N)c1C(=O)Nc1ccccc1N(C)C. The number of benzene rings is 1. The Labute approximate surface area is 111 Å². The monoisotopic (exact) mass is 259 g/mol. The van der Waals surface area contributed by atoms with Crippen LogP contribution in [0.1, 0.15) is 16.1 Å². The molecular weight excluding hydrogens is 242 g/mol. The molecule has 0 bridgehead atoms. The second-order valence-electron chi connectivity index (χ2n) is 4.47. The molecule has 1 heterocycles. The lowest BCUT2D eigenvalue weighted by atomic mass is 10.2. The summed E-state index contributed by atoms with van der Waals surface area (Å²) in [5.41, 5.74) is 8.37. The molecule has 0 aliphatic carbocycles. The maximum atomic E-state index is 12.2. The molecule has 1 aromatic carbocycles. The van der Waals surface area contributed by atoms with Gasteiger partial charge in [0.1, 0.15) is 5.56 Å². The standard InChI is InChI=1S/C13H17N5O/c1-8-11(12(14)17-16-8)13(19)15-9-6-4-5-7-10(9)18(2)3/h4-7H,1-3H3,(H,15,19)(H3,14,16,17). The Morgan fingerprint density at radius 1 is 1.37 bits per heavy atom. The van der Waals surface area contributed by atoms with Crippen LogP contribution in [0.4, 0.5) is 17.2 Å². The number of H-pyrrole nitrogens is 1. The summed E-state index contributed by atoms with van der Waals surface area (Å²) in [6, 6.07) is 7.57. The number of hydrogen-bond donors (Lipinski definition) is 3. The average molecular weight is 259 g/mol. The molecule has 4 N–H and O–H groups in total. The van der Waals surface area contributed by atoms with E-state index in [9.17, 15) is 4.79 Å². The molecule has 100 valence electrons. The van der Waals surface area contributed by atoms with Crippen LogP contribution >= 0.6 is 0 Å². The smallest absolute Gasteiger partial charge is 0.261 e. The molecule has 1 amide bonds. The number of carbonyl (C=O) groups excluding carboxylic acids is 1. The number of anilines is 3. The molecule has 0 saturated carbocycles. The van der Waals surface area contributed by atoms with Gasteiger partial charge in [-0.25, -0.2) is 0 Å². The van der Waals surface area contributed by atoms with Gasteiger partial charge < -0.3 is 16.0 Å². The first-order valence-corrected chi connectivity index (χ1v) is 5.89. The van der Waals surface area contributed by atoms with E-state index in [1.165, 1.54) is 0 Å². The number of aryl methyl sites for hydroxylation is 1. The number of hydrogen-bond acceptors (Lipinski definition) is 4. The summed E-state index contributed by atoms with van der Waals surface area (Å²) in [4.78, 5) is 14.2. The van der Waals surface area contributed by atoms with Crippen molar-refractivity contribution in [2.45, 2.75) is 6.92 Å². The van der Waals surface area contributed by atoms with E-state index in [0.29, 0.717) is 11.3 Å². The fourth-order valence-corrected chi connectivity index (χ4v) is 1.89. The van der Waals surface area contributed by atoms with E-state index in [4.69, 9.17) is 5.73 Å². The zero-order valence-corrected chi connectivity index (χ0v) is 11.2. The van der Waals surface area contributed by atoms with Crippen LogP contribution < -0.4 is 16.0 Å². The van der Waals surface area contributed by atoms with Gasteiger partial charge in [-0.15, -0.1) is 0 Å². The van der Waals surface area contributed by atoms with Crippen LogP contribution in [-0.2, 0) is 0 Å². The van der Waals surface area contributed by atoms with Crippen LogP contribution in [0, 0.1) is 6.92 Å². The third-order valence-corrected chi connectivity index (χ3v) is 2.84. The number of amides is 1. The van der Waals surface area contributed by atoms with Crippen LogP contribution in [0.5, 0.6) is 0 Å². The fourth-order valence-electron chi connectivity index (χ4n) is 1.89. The van der Waals surface area contributed by atoms with Crippen molar-refractivity contribution >= 4 is 23.1 Å². The quantitative estimate of drug-likeness (QED) is 0.781. The van der Waals surface area contributed by atoms with Crippen molar-refractivity contribution in [3.63, 3.8) is 0 Å². The Morgan fingerprint density at radius 2 is 2.05 bits per heavy atom. The summed E-state index contributed by atoms with van der Waals surface area (Å²) in [6.07, 6.45) is 0. The number of carbonyl (C=O) groups is 1. The van der Waals surface area contributed by atoms with Crippen LogP contribution in [0.25, 0.3) is 0 Å². The summed E-state index contributed by atoms with van der Waals surface area (Å²) < 4.78 is 0. The van der Waals surface area contributed by atoms with Crippen LogP contribution in [0.15, 0.2) is 24.3 Å².